The first-order valence-electron chi connectivity index (χ1n) is 7.59. The predicted octanol–water partition coefficient (Wildman–Crippen LogP) is 3.25. The van der Waals surface area contributed by atoms with Crippen LogP contribution in [-0.2, 0) is 4.74 Å². The minimum Gasteiger partial charge on any atom is -0.478 e. The SMILES string of the molecule is CCSc1cccc(N2CCOC3CCCC32)c1C(=O)O. The third-order valence-corrected chi connectivity index (χ3v) is 5.25. The van der Waals surface area contributed by atoms with Gasteiger partial charge < -0.3 is 14.7 Å². The molecule has 1 aromatic rings. The predicted molar refractivity (Wildman–Crippen MR) is 84.5 cm³/mol. The van der Waals surface area contributed by atoms with Crippen molar-refractivity contribution >= 4 is 23.4 Å². The molecule has 2 atom stereocenters. The molecule has 1 aliphatic carbocycles. The number of carboxylic acid groups (broad SMARTS) is 1. The number of rotatable bonds is 4. The molecule has 1 aromatic carbocycles. The van der Waals surface area contributed by atoms with E-state index < -0.39 is 5.97 Å². The molecule has 2 fully saturated rings. The monoisotopic (exact) mass is 307 g/mol. The van der Waals surface area contributed by atoms with Crippen LogP contribution in [-0.4, -0.2) is 42.1 Å². The normalized spacial score (nSPS) is 24.9. The van der Waals surface area contributed by atoms with Crippen LogP contribution in [0.4, 0.5) is 5.69 Å². The number of carboxylic acids is 1. The molecule has 0 spiro atoms. The molecule has 0 bridgehead atoms. The lowest BCUT2D eigenvalue weighted by Crippen LogP contribution is -2.49. The van der Waals surface area contributed by atoms with Crippen molar-refractivity contribution in [3.63, 3.8) is 0 Å². The van der Waals surface area contributed by atoms with E-state index in [1.807, 2.05) is 25.1 Å². The van der Waals surface area contributed by atoms with Gasteiger partial charge >= 0.3 is 5.97 Å². The zero-order chi connectivity index (χ0) is 14.8. The number of anilines is 1. The van der Waals surface area contributed by atoms with Gasteiger partial charge in [0.25, 0.3) is 0 Å². The summed E-state index contributed by atoms with van der Waals surface area (Å²) in [5.74, 6) is 0.0430. The topological polar surface area (TPSA) is 49.8 Å². The van der Waals surface area contributed by atoms with E-state index in [4.69, 9.17) is 4.74 Å². The summed E-state index contributed by atoms with van der Waals surface area (Å²) in [5.41, 5.74) is 1.32. The van der Waals surface area contributed by atoms with Crippen molar-refractivity contribution in [3.8, 4) is 0 Å². The Hall–Kier alpha value is -1.20. The summed E-state index contributed by atoms with van der Waals surface area (Å²) in [7, 11) is 0. The number of morpholine rings is 1. The highest BCUT2D eigenvalue weighted by molar-refractivity contribution is 7.99. The molecular weight excluding hydrogens is 286 g/mol. The zero-order valence-electron chi connectivity index (χ0n) is 12.2. The fourth-order valence-corrected chi connectivity index (χ4v) is 4.30. The first-order valence-corrected chi connectivity index (χ1v) is 8.58. The maximum absolute atomic E-state index is 11.8. The Morgan fingerprint density at radius 1 is 1.48 bits per heavy atom. The number of fused-ring (bicyclic) bond motifs is 1. The lowest BCUT2D eigenvalue weighted by atomic mass is 10.1. The summed E-state index contributed by atoms with van der Waals surface area (Å²) >= 11 is 1.59. The van der Waals surface area contributed by atoms with Crippen LogP contribution >= 0.6 is 11.8 Å². The summed E-state index contributed by atoms with van der Waals surface area (Å²) in [4.78, 5) is 14.9. The van der Waals surface area contributed by atoms with Gasteiger partial charge in [-0.25, -0.2) is 4.79 Å². The van der Waals surface area contributed by atoms with Gasteiger partial charge in [0.15, 0.2) is 0 Å². The van der Waals surface area contributed by atoms with Gasteiger partial charge in [-0.05, 0) is 37.1 Å². The highest BCUT2D eigenvalue weighted by Gasteiger charge is 2.37. The van der Waals surface area contributed by atoms with E-state index in [1.54, 1.807) is 11.8 Å². The summed E-state index contributed by atoms with van der Waals surface area (Å²) in [5, 5.41) is 9.67. The van der Waals surface area contributed by atoms with Crippen LogP contribution in [0.2, 0.25) is 0 Å². The van der Waals surface area contributed by atoms with E-state index in [0.29, 0.717) is 18.2 Å². The van der Waals surface area contributed by atoms with Gasteiger partial charge in [0, 0.05) is 11.4 Å². The largest absolute Gasteiger partial charge is 0.478 e. The number of benzene rings is 1. The van der Waals surface area contributed by atoms with Gasteiger partial charge in [0.2, 0.25) is 0 Å². The van der Waals surface area contributed by atoms with E-state index >= 15 is 0 Å². The number of ether oxygens (including phenoxy) is 1. The molecule has 0 radical (unpaired) electrons. The smallest absolute Gasteiger partial charge is 0.338 e. The van der Waals surface area contributed by atoms with Gasteiger partial charge in [0.1, 0.15) is 0 Å². The van der Waals surface area contributed by atoms with Crippen LogP contribution in [0.3, 0.4) is 0 Å². The van der Waals surface area contributed by atoms with Crippen LogP contribution in [0, 0.1) is 0 Å². The summed E-state index contributed by atoms with van der Waals surface area (Å²) < 4.78 is 5.84. The molecular formula is C16H21NO3S. The number of hydrogen-bond donors (Lipinski definition) is 1. The van der Waals surface area contributed by atoms with Crippen molar-refractivity contribution in [1.29, 1.82) is 0 Å². The third-order valence-electron chi connectivity index (χ3n) is 4.31. The number of hydrogen-bond acceptors (Lipinski definition) is 4. The molecule has 1 heterocycles. The molecule has 2 unspecified atom stereocenters. The molecule has 0 aromatic heterocycles. The average Bonchev–Trinajstić information content (AvgIpc) is 2.95. The van der Waals surface area contributed by atoms with Crippen LogP contribution in [0.25, 0.3) is 0 Å². The number of nitrogens with zero attached hydrogens (tertiary/aromatic N) is 1. The van der Waals surface area contributed by atoms with Crippen LogP contribution in [0.5, 0.6) is 0 Å². The van der Waals surface area contributed by atoms with Crippen molar-refractivity contribution in [1.82, 2.24) is 0 Å². The zero-order valence-corrected chi connectivity index (χ0v) is 13.1. The van der Waals surface area contributed by atoms with Gasteiger partial charge in [-0.15, -0.1) is 11.8 Å². The Bertz CT molecular complexity index is 534. The Morgan fingerprint density at radius 3 is 3.10 bits per heavy atom. The van der Waals surface area contributed by atoms with Gasteiger partial charge in [-0.3, -0.25) is 0 Å². The molecule has 0 amide bonds. The molecule has 114 valence electrons. The first kappa shape index (κ1) is 14.7. The van der Waals surface area contributed by atoms with Crippen molar-refractivity contribution < 1.29 is 14.6 Å². The second-order valence-corrected chi connectivity index (χ2v) is 6.80. The molecule has 1 saturated heterocycles. The van der Waals surface area contributed by atoms with Crippen LogP contribution in [0.1, 0.15) is 36.5 Å². The molecule has 1 aliphatic heterocycles. The van der Waals surface area contributed by atoms with Crippen LogP contribution < -0.4 is 4.90 Å². The second-order valence-electron chi connectivity index (χ2n) is 5.49. The first-order chi connectivity index (χ1) is 10.2. The fourth-order valence-electron chi connectivity index (χ4n) is 3.47. The molecule has 4 nitrogen and oxygen atoms in total. The standard InChI is InChI=1S/C16H21NO3S/c1-2-21-14-8-4-6-12(15(14)16(18)19)17-9-10-20-13-7-3-5-11(13)17/h4,6,8,11,13H,2-3,5,7,9-10H2,1H3,(H,18,19). The Kier molecular flexibility index (Phi) is 4.40. The van der Waals surface area contributed by atoms with E-state index in [0.717, 1.165) is 42.1 Å². The Labute approximate surface area is 129 Å². The van der Waals surface area contributed by atoms with E-state index in [2.05, 4.69) is 4.90 Å². The van der Waals surface area contributed by atoms with Gasteiger partial charge in [0.05, 0.1) is 30.0 Å². The van der Waals surface area contributed by atoms with Crippen molar-refractivity contribution in [2.24, 2.45) is 0 Å². The molecule has 5 heteroatoms. The molecule has 21 heavy (non-hydrogen) atoms. The summed E-state index contributed by atoms with van der Waals surface area (Å²) in [6.45, 7) is 3.51. The molecule has 2 aliphatic rings. The minimum absolute atomic E-state index is 0.267. The Morgan fingerprint density at radius 2 is 2.33 bits per heavy atom. The number of aromatic carboxylic acids is 1. The van der Waals surface area contributed by atoms with E-state index in [9.17, 15) is 9.90 Å². The Balaban J connectivity index is 2.00. The van der Waals surface area contributed by atoms with E-state index in [1.165, 1.54) is 0 Å². The van der Waals surface area contributed by atoms with Crippen LogP contribution in [0.15, 0.2) is 23.1 Å². The second kappa shape index (κ2) is 6.28. The maximum Gasteiger partial charge on any atom is 0.338 e. The van der Waals surface area contributed by atoms with Crippen molar-refractivity contribution in [2.75, 3.05) is 23.8 Å². The number of thioether (sulfide) groups is 1. The third kappa shape index (κ3) is 2.77. The van der Waals surface area contributed by atoms with E-state index in [-0.39, 0.29) is 6.10 Å². The lowest BCUT2D eigenvalue weighted by molar-refractivity contribution is 0.0254. The average molecular weight is 307 g/mol. The number of carbonyl (C=O) groups is 1. The highest BCUT2D eigenvalue weighted by atomic mass is 32.2. The summed E-state index contributed by atoms with van der Waals surface area (Å²) in [6, 6.07) is 6.16. The maximum atomic E-state index is 11.8. The van der Waals surface area contributed by atoms with Crippen molar-refractivity contribution in [2.45, 2.75) is 43.2 Å². The lowest BCUT2D eigenvalue weighted by Gasteiger charge is -2.40. The molecule has 3 rings (SSSR count). The van der Waals surface area contributed by atoms with Gasteiger partial charge in [-0.2, -0.15) is 0 Å². The minimum atomic E-state index is -0.831. The highest BCUT2D eigenvalue weighted by Crippen LogP contribution is 2.37. The molecule has 1 saturated carbocycles. The fraction of sp³-hybridized carbons (Fsp3) is 0.562. The van der Waals surface area contributed by atoms with Gasteiger partial charge in [-0.1, -0.05) is 13.0 Å². The quantitative estimate of drug-likeness (QED) is 0.865. The summed E-state index contributed by atoms with van der Waals surface area (Å²) in [6.07, 6.45) is 3.61. The molecule has 1 N–H and O–H groups in total. The van der Waals surface area contributed by atoms with Crippen molar-refractivity contribution in [3.05, 3.63) is 23.8 Å².